The van der Waals surface area contributed by atoms with E-state index in [1.165, 1.54) is 65.1 Å². The van der Waals surface area contributed by atoms with E-state index in [0.717, 1.165) is 22.6 Å². The molecular weight excluding hydrogens is 583 g/mol. The maximum Gasteiger partial charge on any atom is 0.131 e. The smallest absolute Gasteiger partial charge is 0.131 e. The van der Waals surface area contributed by atoms with Gasteiger partial charge in [-0.1, -0.05) is 127 Å². The molecule has 0 aliphatic rings. The van der Waals surface area contributed by atoms with Gasteiger partial charge in [0.25, 0.3) is 0 Å². The molecule has 0 aliphatic carbocycles. The molecule has 0 aliphatic heterocycles. The first kappa shape index (κ1) is 26.6. The molecule has 8 aromatic carbocycles. The van der Waals surface area contributed by atoms with Crippen molar-refractivity contribution in [2.75, 3.05) is 0 Å². The van der Waals surface area contributed by atoms with Crippen molar-refractivity contribution >= 4 is 65.2 Å². The lowest BCUT2D eigenvalue weighted by Crippen LogP contribution is -2.04. The molecule has 222 valence electrons. The molecule has 0 radical (unpaired) electrons. The summed E-state index contributed by atoms with van der Waals surface area (Å²) in [5, 5.41) is 20.5. The summed E-state index contributed by atoms with van der Waals surface area (Å²) in [7, 11) is 0. The Labute approximate surface area is 276 Å². The van der Waals surface area contributed by atoms with E-state index in [9.17, 15) is 5.26 Å². The number of hydrogen-bond donors (Lipinski definition) is 0. The Balaban J connectivity index is 1.49. The van der Waals surface area contributed by atoms with Crippen LogP contribution in [0, 0.1) is 11.3 Å². The second-order valence-electron chi connectivity index (χ2n) is 12.4. The lowest BCUT2D eigenvalue weighted by Gasteiger charge is -2.21. The zero-order valence-electron chi connectivity index (χ0n) is 25.9. The van der Waals surface area contributed by atoms with E-state index in [1.54, 1.807) is 0 Å². The summed E-state index contributed by atoms with van der Waals surface area (Å²) in [6, 6.07) is 60.7. The Kier molecular flexibility index (Phi) is 5.64. The number of hydrogen-bond acceptors (Lipinski definition) is 1. The SMILES string of the molecule is N#Cc1ccc(-c2c3ccccc3c(-n3c4ccccc4c4c5ccccc5n(-c5ccccc5)c43)c3ccc4ccccc4c23)cc1. The molecule has 10 aromatic rings. The lowest BCUT2D eigenvalue weighted by atomic mass is 9.87. The Bertz CT molecular complexity index is 2940. The number of fused-ring (bicyclic) bond motifs is 9. The average molecular weight is 610 g/mol. The zero-order valence-corrected chi connectivity index (χ0v) is 25.9. The molecule has 0 spiro atoms. The molecule has 0 unspecified atom stereocenters. The van der Waals surface area contributed by atoms with Gasteiger partial charge in [0.1, 0.15) is 5.65 Å². The van der Waals surface area contributed by atoms with Crippen LogP contribution in [0.15, 0.2) is 164 Å². The highest BCUT2D eigenvalue weighted by molar-refractivity contribution is 6.28. The van der Waals surface area contributed by atoms with Gasteiger partial charge in [-0.15, -0.1) is 0 Å². The van der Waals surface area contributed by atoms with Gasteiger partial charge in [0.05, 0.1) is 28.4 Å². The van der Waals surface area contributed by atoms with E-state index in [1.807, 2.05) is 12.1 Å². The first-order chi connectivity index (χ1) is 23.8. The fourth-order valence-electron chi connectivity index (χ4n) is 7.94. The molecule has 2 aromatic heterocycles. The van der Waals surface area contributed by atoms with Crippen LogP contribution < -0.4 is 0 Å². The number of nitrogens with zero attached hydrogens (tertiary/aromatic N) is 3. The first-order valence-electron chi connectivity index (χ1n) is 16.3. The summed E-state index contributed by atoms with van der Waals surface area (Å²) >= 11 is 0. The summed E-state index contributed by atoms with van der Waals surface area (Å²) in [5.74, 6) is 0. The van der Waals surface area contributed by atoms with Crippen LogP contribution >= 0.6 is 0 Å². The van der Waals surface area contributed by atoms with Crippen molar-refractivity contribution in [3.05, 3.63) is 169 Å². The quantitative estimate of drug-likeness (QED) is 0.145. The Hall–Kier alpha value is -6.63. The second kappa shape index (κ2) is 10.2. The summed E-state index contributed by atoms with van der Waals surface area (Å²) in [6.07, 6.45) is 0. The van der Waals surface area contributed by atoms with Gasteiger partial charge in [-0.25, -0.2) is 0 Å². The predicted molar refractivity (Wildman–Crippen MR) is 200 cm³/mol. The van der Waals surface area contributed by atoms with Crippen LogP contribution in [-0.4, -0.2) is 9.13 Å². The minimum Gasteiger partial charge on any atom is -0.295 e. The fraction of sp³-hybridized carbons (Fsp3) is 0. The van der Waals surface area contributed by atoms with Gasteiger partial charge in [-0.3, -0.25) is 9.13 Å². The fourth-order valence-corrected chi connectivity index (χ4v) is 7.94. The predicted octanol–water partition coefficient (Wildman–Crippen LogP) is 11.7. The summed E-state index contributed by atoms with van der Waals surface area (Å²) < 4.78 is 4.94. The highest BCUT2D eigenvalue weighted by Crippen LogP contribution is 2.48. The topological polar surface area (TPSA) is 33.6 Å². The summed E-state index contributed by atoms with van der Waals surface area (Å²) in [6.45, 7) is 0. The molecular formula is C45H27N3. The minimum absolute atomic E-state index is 0.656. The molecule has 3 nitrogen and oxygen atoms in total. The molecule has 0 saturated heterocycles. The summed E-state index contributed by atoms with van der Waals surface area (Å²) in [5.41, 5.74) is 8.72. The van der Waals surface area contributed by atoms with Gasteiger partial charge in [0.15, 0.2) is 0 Å². The van der Waals surface area contributed by atoms with E-state index in [0.29, 0.717) is 5.56 Å². The molecule has 0 atom stereocenters. The minimum atomic E-state index is 0.656. The first-order valence-corrected chi connectivity index (χ1v) is 16.3. The number of benzene rings is 8. The van der Waals surface area contributed by atoms with E-state index >= 15 is 0 Å². The Morgan fingerprint density at radius 1 is 0.417 bits per heavy atom. The van der Waals surface area contributed by atoms with Crippen LogP contribution in [0.1, 0.15) is 5.56 Å². The molecule has 2 heterocycles. The van der Waals surface area contributed by atoms with Crippen LogP contribution in [0.5, 0.6) is 0 Å². The molecule has 0 N–H and O–H groups in total. The van der Waals surface area contributed by atoms with Crippen molar-refractivity contribution in [1.29, 1.82) is 5.26 Å². The van der Waals surface area contributed by atoms with E-state index in [4.69, 9.17) is 0 Å². The molecule has 10 rings (SSSR count). The van der Waals surface area contributed by atoms with E-state index in [-0.39, 0.29) is 0 Å². The number of para-hydroxylation sites is 3. The van der Waals surface area contributed by atoms with Gasteiger partial charge < -0.3 is 0 Å². The third kappa shape index (κ3) is 3.63. The molecule has 0 bridgehead atoms. The van der Waals surface area contributed by atoms with Crippen molar-refractivity contribution in [2.45, 2.75) is 0 Å². The van der Waals surface area contributed by atoms with Crippen molar-refractivity contribution in [1.82, 2.24) is 9.13 Å². The maximum atomic E-state index is 9.60. The molecule has 3 heteroatoms. The lowest BCUT2D eigenvalue weighted by molar-refractivity contribution is 1.08. The monoisotopic (exact) mass is 609 g/mol. The van der Waals surface area contributed by atoms with E-state index in [2.05, 4.69) is 167 Å². The van der Waals surface area contributed by atoms with Crippen molar-refractivity contribution in [2.24, 2.45) is 0 Å². The average Bonchev–Trinajstić information content (AvgIpc) is 3.67. The maximum absolute atomic E-state index is 9.60. The van der Waals surface area contributed by atoms with Crippen LogP contribution in [-0.2, 0) is 0 Å². The van der Waals surface area contributed by atoms with Gasteiger partial charge in [0, 0.05) is 38.0 Å². The normalized spacial score (nSPS) is 11.7. The van der Waals surface area contributed by atoms with Crippen molar-refractivity contribution in [3.8, 4) is 28.6 Å². The standard InChI is InChI=1S/C45H27N3/c46-28-29-22-24-31(25-23-29)41-34-16-6-7-17-35(34)44(38-27-26-30-12-4-5-15-33(30)42(38)41)48-40-21-11-9-19-37(40)43-36-18-8-10-20-39(36)47(45(43)48)32-13-2-1-3-14-32/h1-27H. The van der Waals surface area contributed by atoms with Crippen LogP contribution in [0.4, 0.5) is 0 Å². The van der Waals surface area contributed by atoms with Gasteiger partial charge >= 0.3 is 0 Å². The largest absolute Gasteiger partial charge is 0.295 e. The molecule has 48 heavy (non-hydrogen) atoms. The van der Waals surface area contributed by atoms with Crippen molar-refractivity contribution < 1.29 is 0 Å². The van der Waals surface area contributed by atoms with Crippen LogP contribution in [0.3, 0.4) is 0 Å². The Morgan fingerprint density at radius 3 is 1.71 bits per heavy atom. The number of aromatic nitrogens is 2. The molecule has 0 saturated carbocycles. The van der Waals surface area contributed by atoms with Gasteiger partial charge in [-0.05, 0) is 63.7 Å². The second-order valence-corrected chi connectivity index (χ2v) is 12.4. The highest BCUT2D eigenvalue weighted by atomic mass is 15.1. The van der Waals surface area contributed by atoms with Crippen LogP contribution in [0.25, 0.3) is 87.7 Å². The third-order valence-corrected chi connectivity index (χ3v) is 9.90. The number of rotatable bonds is 3. The third-order valence-electron chi connectivity index (χ3n) is 9.90. The molecule has 0 amide bonds. The van der Waals surface area contributed by atoms with Crippen molar-refractivity contribution in [3.63, 3.8) is 0 Å². The van der Waals surface area contributed by atoms with E-state index < -0.39 is 0 Å². The summed E-state index contributed by atoms with van der Waals surface area (Å²) in [4.78, 5) is 0. The highest BCUT2D eigenvalue weighted by Gasteiger charge is 2.25. The molecule has 0 fully saturated rings. The Morgan fingerprint density at radius 2 is 1.00 bits per heavy atom. The zero-order chi connectivity index (χ0) is 31.8. The van der Waals surface area contributed by atoms with Crippen LogP contribution in [0.2, 0.25) is 0 Å². The van der Waals surface area contributed by atoms with Gasteiger partial charge in [0.2, 0.25) is 0 Å². The van der Waals surface area contributed by atoms with Gasteiger partial charge in [-0.2, -0.15) is 5.26 Å². The number of nitriles is 1.